The van der Waals surface area contributed by atoms with Crippen LogP contribution in [0.2, 0.25) is 0 Å². The molecule has 1 fully saturated rings. The van der Waals surface area contributed by atoms with E-state index in [-0.39, 0.29) is 26.1 Å². The van der Waals surface area contributed by atoms with Crippen LogP contribution in [0, 0.1) is 5.41 Å². The molecular weight excluding hydrogens is 392 g/mol. The van der Waals surface area contributed by atoms with E-state index in [0.29, 0.717) is 19.8 Å². The first-order valence-corrected chi connectivity index (χ1v) is 12.4. The van der Waals surface area contributed by atoms with Gasteiger partial charge >= 0.3 is 20.7 Å². The first-order chi connectivity index (χ1) is 13.9. The van der Waals surface area contributed by atoms with Crippen LogP contribution in [0.25, 0.3) is 0 Å². The fourth-order valence-corrected chi connectivity index (χ4v) is 5.06. The second-order valence-electron chi connectivity index (χ2n) is 6.60. The Bertz CT molecular complexity index is 545. The van der Waals surface area contributed by atoms with Crippen LogP contribution < -0.4 is 0 Å². The van der Waals surface area contributed by atoms with Crippen LogP contribution >= 0.6 is 0 Å². The van der Waals surface area contributed by atoms with Crippen molar-refractivity contribution >= 4 is 20.7 Å². The van der Waals surface area contributed by atoms with Gasteiger partial charge in [-0.2, -0.15) is 0 Å². The van der Waals surface area contributed by atoms with Gasteiger partial charge in [-0.25, -0.2) is 0 Å². The molecule has 0 heterocycles. The van der Waals surface area contributed by atoms with Gasteiger partial charge in [0.15, 0.2) is 5.41 Å². The predicted octanol–water partition coefficient (Wildman–Crippen LogP) is 3.74. The lowest BCUT2D eigenvalue weighted by Crippen LogP contribution is -2.45. The van der Waals surface area contributed by atoms with Gasteiger partial charge in [0.2, 0.25) is 0 Å². The normalized spacial score (nSPS) is 14.2. The number of hydrogen-bond acceptors (Lipinski definition) is 7. The maximum Gasteiger partial charge on any atom is 0.529 e. The predicted molar refractivity (Wildman–Crippen MR) is 112 cm³/mol. The van der Waals surface area contributed by atoms with E-state index in [1.807, 2.05) is 26.8 Å². The third kappa shape index (κ3) is 7.69. The van der Waals surface area contributed by atoms with E-state index >= 15 is 0 Å². The number of hydrogen-bond donors (Lipinski definition) is 0. The van der Waals surface area contributed by atoms with Crippen LogP contribution in [-0.2, 0) is 32.3 Å². The highest BCUT2D eigenvalue weighted by molar-refractivity contribution is 6.66. The third-order valence-electron chi connectivity index (χ3n) is 4.44. The molecule has 0 unspecified atom stereocenters. The molecule has 0 atom stereocenters. The molecule has 0 N–H and O–H groups in total. The highest BCUT2D eigenvalue weighted by Crippen LogP contribution is 2.36. The van der Waals surface area contributed by atoms with Gasteiger partial charge in [0.1, 0.15) is 0 Å². The summed E-state index contributed by atoms with van der Waals surface area (Å²) in [6.07, 6.45) is 6.08. The molecule has 7 nitrogen and oxygen atoms in total. The smallest absolute Gasteiger partial charge is 0.465 e. The minimum atomic E-state index is -3.03. The number of ether oxygens (including phenoxy) is 2. The van der Waals surface area contributed by atoms with E-state index < -0.39 is 26.2 Å². The maximum atomic E-state index is 12.9. The average molecular weight is 429 g/mol. The van der Waals surface area contributed by atoms with Gasteiger partial charge < -0.3 is 22.8 Å². The molecule has 0 spiro atoms. The number of allylic oxidation sites excluding steroid dienone is 3. The number of esters is 2. The lowest BCUT2D eigenvalue weighted by molar-refractivity contribution is -0.171. The Hall–Kier alpha value is -1.48. The van der Waals surface area contributed by atoms with Gasteiger partial charge in [-0.3, -0.25) is 9.59 Å². The van der Waals surface area contributed by atoms with E-state index in [1.54, 1.807) is 25.6 Å². The first kappa shape index (κ1) is 25.6. The average Bonchev–Trinajstić information content (AvgIpc) is 3.50. The number of rotatable bonds is 15. The lowest BCUT2D eigenvalue weighted by atomic mass is 9.80. The Morgan fingerprint density at radius 3 is 1.69 bits per heavy atom. The molecule has 1 aliphatic rings. The summed E-state index contributed by atoms with van der Waals surface area (Å²) in [6, 6.07) is 0. The Morgan fingerprint density at radius 1 is 0.828 bits per heavy atom. The van der Waals surface area contributed by atoms with Crippen molar-refractivity contribution in [3.63, 3.8) is 0 Å². The quantitative estimate of drug-likeness (QED) is 0.170. The van der Waals surface area contributed by atoms with Gasteiger partial charge in [-0.15, -0.1) is 0 Å². The summed E-state index contributed by atoms with van der Waals surface area (Å²) in [5.41, 5.74) is 1.57. The maximum absolute atomic E-state index is 12.9. The van der Waals surface area contributed by atoms with E-state index in [1.165, 1.54) is 5.57 Å². The van der Waals surface area contributed by atoms with Crippen molar-refractivity contribution in [1.29, 1.82) is 0 Å². The monoisotopic (exact) mass is 428 g/mol. The molecule has 1 saturated carbocycles. The second-order valence-corrected chi connectivity index (χ2v) is 9.01. The summed E-state index contributed by atoms with van der Waals surface area (Å²) in [7, 11) is -3.03. The van der Waals surface area contributed by atoms with Crippen LogP contribution in [0.4, 0.5) is 0 Å². The first-order valence-electron chi connectivity index (χ1n) is 10.5. The zero-order valence-corrected chi connectivity index (χ0v) is 19.5. The SMILES string of the molecule is CCOC(=O)C(CC=C1CC1)(C/C=C/[Si](OCC)(OCC)OCC)C(=O)OCC. The highest BCUT2D eigenvalue weighted by Gasteiger charge is 2.48. The summed E-state index contributed by atoms with van der Waals surface area (Å²) >= 11 is 0. The standard InChI is InChI=1S/C21H36O7Si/c1-6-24-19(22)21(20(23)25-7-2,16-14-18-12-13-18)15-11-17-29(26-8-3,27-9-4)28-10-5/h11,14,17H,6-10,12-13,15-16H2,1-5H3/b17-11+. The zero-order valence-electron chi connectivity index (χ0n) is 18.5. The summed E-state index contributed by atoms with van der Waals surface area (Å²) in [5, 5.41) is 0. The molecule has 0 amide bonds. The lowest BCUT2D eigenvalue weighted by Gasteiger charge is -2.28. The Kier molecular flexibility index (Phi) is 11.4. The van der Waals surface area contributed by atoms with Crippen LogP contribution in [0.15, 0.2) is 23.4 Å². The van der Waals surface area contributed by atoms with Gasteiger partial charge in [0.25, 0.3) is 0 Å². The van der Waals surface area contributed by atoms with Gasteiger partial charge in [-0.05, 0) is 66.0 Å². The fraction of sp³-hybridized carbons (Fsp3) is 0.714. The molecule has 1 rings (SSSR count). The molecule has 29 heavy (non-hydrogen) atoms. The van der Waals surface area contributed by atoms with E-state index in [9.17, 15) is 9.59 Å². The summed E-state index contributed by atoms with van der Waals surface area (Å²) in [6.45, 7) is 10.7. The summed E-state index contributed by atoms with van der Waals surface area (Å²) < 4.78 is 28.0. The molecule has 0 aromatic rings. The van der Waals surface area contributed by atoms with Crippen LogP contribution in [0.5, 0.6) is 0 Å². The molecule has 8 heteroatoms. The van der Waals surface area contributed by atoms with E-state index in [4.69, 9.17) is 22.8 Å². The third-order valence-corrected chi connectivity index (χ3v) is 7.15. The Balaban J connectivity index is 3.21. The minimum Gasteiger partial charge on any atom is -0.465 e. The van der Waals surface area contributed by atoms with Crippen molar-refractivity contribution < 1.29 is 32.3 Å². The molecule has 0 radical (unpaired) electrons. The summed E-state index contributed by atoms with van der Waals surface area (Å²) in [4.78, 5) is 25.8. The van der Waals surface area contributed by atoms with Crippen molar-refractivity contribution in [1.82, 2.24) is 0 Å². The molecular formula is C21H36O7Si. The molecule has 166 valence electrons. The van der Waals surface area contributed by atoms with E-state index in [2.05, 4.69) is 0 Å². The highest BCUT2D eigenvalue weighted by atomic mass is 28.4. The molecule has 0 aromatic heterocycles. The zero-order chi connectivity index (χ0) is 21.8. The molecule has 0 saturated heterocycles. The number of carbonyl (C=O) groups is 2. The van der Waals surface area contributed by atoms with E-state index in [0.717, 1.165) is 12.8 Å². The Labute approximate surface area is 175 Å². The topological polar surface area (TPSA) is 80.3 Å². The number of carbonyl (C=O) groups excluding carboxylic acids is 2. The van der Waals surface area contributed by atoms with Gasteiger partial charge in [0, 0.05) is 19.8 Å². The molecule has 1 aliphatic carbocycles. The van der Waals surface area contributed by atoms with Crippen LogP contribution in [0.1, 0.15) is 60.3 Å². The molecule has 0 aromatic carbocycles. The molecule has 0 bridgehead atoms. The van der Waals surface area contributed by atoms with Gasteiger partial charge in [-0.1, -0.05) is 17.7 Å². The van der Waals surface area contributed by atoms with Crippen molar-refractivity contribution in [2.24, 2.45) is 5.41 Å². The van der Waals surface area contributed by atoms with Crippen molar-refractivity contribution in [2.75, 3.05) is 33.0 Å². The Morgan fingerprint density at radius 2 is 1.31 bits per heavy atom. The molecule has 0 aliphatic heterocycles. The van der Waals surface area contributed by atoms with Crippen LogP contribution in [-0.4, -0.2) is 53.8 Å². The largest absolute Gasteiger partial charge is 0.529 e. The van der Waals surface area contributed by atoms with Gasteiger partial charge in [0.05, 0.1) is 13.2 Å². The fourth-order valence-electron chi connectivity index (χ4n) is 2.91. The minimum absolute atomic E-state index is 0.121. The van der Waals surface area contributed by atoms with Crippen molar-refractivity contribution in [3.8, 4) is 0 Å². The second kappa shape index (κ2) is 12.9. The van der Waals surface area contributed by atoms with Crippen molar-refractivity contribution in [2.45, 2.75) is 60.3 Å². The van der Waals surface area contributed by atoms with Crippen LogP contribution in [0.3, 0.4) is 0 Å². The van der Waals surface area contributed by atoms with Crippen molar-refractivity contribution in [3.05, 3.63) is 23.4 Å². The summed E-state index contributed by atoms with van der Waals surface area (Å²) in [5.74, 6) is -1.14.